The first-order valence-corrected chi connectivity index (χ1v) is 8.55. The van der Waals surface area contributed by atoms with E-state index in [4.69, 9.17) is 0 Å². The van der Waals surface area contributed by atoms with Crippen LogP contribution < -0.4 is 9.64 Å². The first-order chi connectivity index (χ1) is 12.1. The summed E-state index contributed by atoms with van der Waals surface area (Å²) in [7, 11) is 0. The summed E-state index contributed by atoms with van der Waals surface area (Å²) in [5.41, 5.74) is 1.87. The summed E-state index contributed by atoms with van der Waals surface area (Å²) in [5, 5.41) is 0.286. The molecule has 0 radical (unpaired) electrons. The number of ether oxygens (including phenoxy) is 1. The fraction of sp³-hybridized carbons (Fsp3) is 0.235. The van der Waals surface area contributed by atoms with Crippen molar-refractivity contribution >= 4 is 33.3 Å². The fourth-order valence-corrected chi connectivity index (χ4v) is 3.84. The van der Waals surface area contributed by atoms with Crippen LogP contribution in [-0.4, -0.2) is 29.0 Å². The van der Waals surface area contributed by atoms with E-state index in [1.54, 1.807) is 24.4 Å². The Morgan fingerprint density at radius 2 is 2.16 bits per heavy atom. The van der Waals surface area contributed by atoms with Crippen LogP contribution >= 0.6 is 11.3 Å². The second-order valence-electron chi connectivity index (χ2n) is 5.55. The van der Waals surface area contributed by atoms with Gasteiger partial charge in [0.15, 0.2) is 5.01 Å². The highest BCUT2D eigenvalue weighted by Crippen LogP contribution is 2.38. The quantitative estimate of drug-likeness (QED) is 0.710. The molecule has 128 valence electrons. The molecule has 1 amide bonds. The van der Waals surface area contributed by atoms with E-state index >= 15 is 0 Å². The molecule has 3 heterocycles. The lowest BCUT2D eigenvalue weighted by molar-refractivity contribution is -0.0495. The molecule has 1 aliphatic heterocycles. The van der Waals surface area contributed by atoms with Gasteiger partial charge in [0.05, 0.1) is 5.69 Å². The van der Waals surface area contributed by atoms with Crippen LogP contribution in [0.2, 0.25) is 0 Å². The summed E-state index contributed by atoms with van der Waals surface area (Å²) in [5.74, 6) is -0.311. The van der Waals surface area contributed by atoms with Gasteiger partial charge in [0.2, 0.25) is 0 Å². The van der Waals surface area contributed by atoms with Crippen molar-refractivity contribution in [3.63, 3.8) is 0 Å². The summed E-state index contributed by atoms with van der Waals surface area (Å²) in [6.45, 7) is -2.52. The largest absolute Gasteiger partial charge is 0.433 e. The molecular weight excluding hydrogens is 348 g/mol. The van der Waals surface area contributed by atoms with Crippen molar-refractivity contribution in [3.05, 3.63) is 47.1 Å². The first-order valence-electron chi connectivity index (χ1n) is 7.73. The number of para-hydroxylation sites is 1. The van der Waals surface area contributed by atoms with Gasteiger partial charge in [-0.05, 0) is 36.6 Å². The summed E-state index contributed by atoms with van der Waals surface area (Å²) in [4.78, 5) is 23.6. The van der Waals surface area contributed by atoms with Crippen molar-refractivity contribution in [2.45, 2.75) is 19.5 Å². The number of pyridine rings is 1. The SMILES string of the molecule is O=C(c1nc2cccnc2s1)N1CCCc2cccc(OC(F)F)c21. The maximum atomic E-state index is 13.0. The van der Waals surface area contributed by atoms with E-state index in [2.05, 4.69) is 14.7 Å². The molecule has 4 rings (SSSR count). The molecule has 3 aromatic rings. The van der Waals surface area contributed by atoms with Crippen molar-refractivity contribution in [1.29, 1.82) is 0 Å². The van der Waals surface area contributed by atoms with Crippen LogP contribution in [0.5, 0.6) is 5.75 Å². The van der Waals surface area contributed by atoms with Gasteiger partial charge in [0, 0.05) is 12.7 Å². The van der Waals surface area contributed by atoms with Crippen molar-refractivity contribution in [2.75, 3.05) is 11.4 Å². The number of hydrogen-bond acceptors (Lipinski definition) is 5. The van der Waals surface area contributed by atoms with Crippen molar-refractivity contribution in [1.82, 2.24) is 9.97 Å². The van der Waals surface area contributed by atoms with Crippen molar-refractivity contribution in [3.8, 4) is 5.75 Å². The Hall–Kier alpha value is -2.61. The maximum Gasteiger partial charge on any atom is 0.387 e. The molecule has 0 fully saturated rings. The summed E-state index contributed by atoms with van der Waals surface area (Å²) < 4.78 is 30.1. The Balaban J connectivity index is 1.75. The number of carbonyl (C=O) groups excluding carboxylic acids is 1. The lowest BCUT2D eigenvalue weighted by Gasteiger charge is -2.30. The zero-order valence-corrected chi connectivity index (χ0v) is 13.8. The van der Waals surface area contributed by atoms with Gasteiger partial charge >= 0.3 is 6.61 Å². The number of fused-ring (bicyclic) bond motifs is 2. The van der Waals surface area contributed by atoms with E-state index in [1.165, 1.54) is 22.3 Å². The number of anilines is 1. The number of benzene rings is 1. The van der Waals surface area contributed by atoms with Crippen LogP contribution in [0.3, 0.4) is 0 Å². The first kappa shape index (κ1) is 15.9. The van der Waals surface area contributed by atoms with E-state index < -0.39 is 6.61 Å². The van der Waals surface area contributed by atoms with E-state index in [0.717, 1.165) is 12.0 Å². The van der Waals surface area contributed by atoms with Crippen LogP contribution in [0.15, 0.2) is 36.5 Å². The van der Waals surface area contributed by atoms with E-state index in [1.807, 2.05) is 6.07 Å². The molecule has 1 aliphatic rings. The third kappa shape index (κ3) is 2.93. The molecule has 0 saturated carbocycles. The van der Waals surface area contributed by atoms with E-state index in [9.17, 15) is 13.6 Å². The minimum atomic E-state index is -2.95. The Morgan fingerprint density at radius 3 is 2.96 bits per heavy atom. The lowest BCUT2D eigenvalue weighted by Crippen LogP contribution is -2.36. The van der Waals surface area contributed by atoms with Gasteiger partial charge in [0.25, 0.3) is 5.91 Å². The van der Waals surface area contributed by atoms with Crippen LogP contribution in [0, 0.1) is 0 Å². The Labute approximate surface area is 145 Å². The normalized spacial score (nSPS) is 14.0. The number of carbonyl (C=O) groups is 1. The Morgan fingerprint density at radius 1 is 1.28 bits per heavy atom. The number of rotatable bonds is 3. The highest BCUT2D eigenvalue weighted by atomic mass is 32.1. The number of amides is 1. The average Bonchev–Trinajstić information content (AvgIpc) is 3.04. The molecule has 5 nitrogen and oxygen atoms in total. The highest BCUT2D eigenvalue weighted by Gasteiger charge is 2.29. The summed E-state index contributed by atoms with van der Waals surface area (Å²) in [6.07, 6.45) is 3.10. The molecule has 2 aromatic heterocycles. The average molecular weight is 361 g/mol. The summed E-state index contributed by atoms with van der Waals surface area (Å²) >= 11 is 1.19. The zero-order valence-electron chi connectivity index (χ0n) is 13.0. The van der Waals surface area contributed by atoms with Gasteiger partial charge in [-0.2, -0.15) is 8.78 Å². The predicted octanol–water partition coefficient (Wildman–Crippen LogP) is 3.89. The molecule has 0 atom stereocenters. The number of aromatic nitrogens is 2. The second-order valence-corrected chi connectivity index (χ2v) is 6.53. The zero-order chi connectivity index (χ0) is 17.4. The van der Waals surface area contributed by atoms with E-state index in [-0.39, 0.29) is 16.7 Å². The second kappa shape index (κ2) is 6.36. The molecule has 0 unspecified atom stereocenters. The van der Waals surface area contributed by atoms with E-state index in [0.29, 0.717) is 29.0 Å². The van der Waals surface area contributed by atoms with Crippen LogP contribution in [0.25, 0.3) is 10.3 Å². The number of halogens is 2. The topological polar surface area (TPSA) is 55.3 Å². The molecule has 25 heavy (non-hydrogen) atoms. The molecule has 0 saturated heterocycles. The third-order valence-corrected chi connectivity index (χ3v) is 4.96. The fourth-order valence-electron chi connectivity index (χ4n) is 2.99. The van der Waals surface area contributed by atoms with Gasteiger partial charge in [-0.15, -0.1) is 0 Å². The standard InChI is InChI=1S/C17H13F2N3O2S/c18-17(19)24-12-7-1-4-10-5-3-9-22(13(10)12)16(23)15-21-11-6-2-8-20-14(11)25-15/h1-2,4,6-8,17H,3,5,9H2. The number of alkyl halides is 2. The minimum absolute atomic E-state index is 0.0137. The van der Waals surface area contributed by atoms with Crippen molar-refractivity contribution in [2.24, 2.45) is 0 Å². The van der Waals surface area contributed by atoms with Gasteiger partial charge in [-0.3, -0.25) is 4.79 Å². The molecule has 1 aromatic carbocycles. The van der Waals surface area contributed by atoms with Gasteiger partial charge in [-0.25, -0.2) is 9.97 Å². The third-order valence-electron chi connectivity index (χ3n) is 3.99. The molecule has 0 aliphatic carbocycles. The Bertz CT molecular complexity index is 912. The number of hydrogen-bond donors (Lipinski definition) is 0. The number of aryl methyl sites for hydroxylation is 1. The Kier molecular flexibility index (Phi) is 4.04. The monoisotopic (exact) mass is 361 g/mol. The highest BCUT2D eigenvalue weighted by molar-refractivity contribution is 7.20. The lowest BCUT2D eigenvalue weighted by atomic mass is 10.0. The molecule has 0 bridgehead atoms. The smallest absolute Gasteiger partial charge is 0.387 e. The number of nitrogens with zero attached hydrogens (tertiary/aromatic N) is 3. The maximum absolute atomic E-state index is 13.0. The van der Waals surface area contributed by atoms with Crippen LogP contribution in [0.1, 0.15) is 21.8 Å². The molecule has 8 heteroatoms. The van der Waals surface area contributed by atoms with Gasteiger partial charge < -0.3 is 9.64 Å². The summed E-state index contributed by atoms with van der Waals surface area (Å²) in [6, 6.07) is 8.47. The van der Waals surface area contributed by atoms with Crippen LogP contribution in [-0.2, 0) is 6.42 Å². The van der Waals surface area contributed by atoms with Crippen molar-refractivity contribution < 1.29 is 18.3 Å². The minimum Gasteiger partial charge on any atom is -0.433 e. The van der Waals surface area contributed by atoms with Gasteiger partial charge in [0.1, 0.15) is 16.1 Å². The predicted molar refractivity (Wildman–Crippen MR) is 90.5 cm³/mol. The molecular formula is C17H13F2N3O2S. The molecule has 0 N–H and O–H groups in total. The molecule has 0 spiro atoms. The van der Waals surface area contributed by atoms with Gasteiger partial charge in [-0.1, -0.05) is 23.5 Å². The number of thiazole rings is 1. The van der Waals surface area contributed by atoms with Crippen LogP contribution in [0.4, 0.5) is 14.5 Å².